The molecule has 9 heteroatoms. The minimum atomic E-state index is -3.52. The van der Waals surface area contributed by atoms with Crippen LogP contribution in [0.5, 0.6) is 0 Å². The van der Waals surface area contributed by atoms with Crippen LogP contribution in [-0.4, -0.2) is 49.2 Å². The Balaban J connectivity index is 1.39. The highest BCUT2D eigenvalue weighted by Crippen LogP contribution is 2.26. The van der Waals surface area contributed by atoms with Crippen LogP contribution >= 0.6 is 11.8 Å². The summed E-state index contributed by atoms with van der Waals surface area (Å²) in [5.41, 5.74) is 1.78. The first-order chi connectivity index (χ1) is 13.6. The van der Waals surface area contributed by atoms with E-state index in [9.17, 15) is 8.42 Å². The van der Waals surface area contributed by atoms with Gasteiger partial charge in [0, 0.05) is 36.7 Å². The molecule has 0 aliphatic carbocycles. The maximum absolute atomic E-state index is 12.6. The van der Waals surface area contributed by atoms with Crippen molar-refractivity contribution >= 4 is 21.8 Å². The summed E-state index contributed by atoms with van der Waals surface area (Å²) in [6.45, 7) is 1.58. The van der Waals surface area contributed by atoms with E-state index >= 15 is 0 Å². The lowest BCUT2D eigenvalue weighted by molar-refractivity contribution is 0.0730. The fraction of sp³-hybridized carbons (Fsp3) is 0.263. The molecule has 146 valence electrons. The van der Waals surface area contributed by atoms with Crippen molar-refractivity contribution in [3.63, 3.8) is 0 Å². The summed E-state index contributed by atoms with van der Waals surface area (Å²) in [6, 6.07) is 15.0. The molecule has 3 aromatic rings. The second kappa shape index (κ2) is 8.44. The number of rotatable bonds is 6. The number of ether oxygens (including phenoxy) is 1. The molecule has 1 fully saturated rings. The van der Waals surface area contributed by atoms with Crippen molar-refractivity contribution in [1.82, 2.24) is 14.4 Å². The summed E-state index contributed by atoms with van der Waals surface area (Å²) in [5, 5.41) is 4.81. The Morgan fingerprint density at radius 3 is 2.57 bits per heavy atom. The van der Waals surface area contributed by atoms with Gasteiger partial charge in [-0.3, -0.25) is 0 Å². The smallest absolute Gasteiger partial charge is 0.244 e. The number of hydrogen-bond donors (Lipinski definition) is 0. The van der Waals surface area contributed by atoms with Crippen molar-refractivity contribution in [2.24, 2.45) is 0 Å². The highest BCUT2D eigenvalue weighted by atomic mass is 32.2. The lowest BCUT2D eigenvalue weighted by atomic mass is 10.2. The van der Waals surface area contributed by atoms with E-state index in [-0.39, 0.29) is 4.90 Å². The number of aromatic nitrogens is 2. The third-order valence-corrected chi connectivity index (χ3v) is 7.16. The van der Waals surface area contributed by atoms with E-state index in [1.807, 2.05) is 36.4 Å². The molecule has 7 nitrogen and oxygen atoms in total. The molecule has 28 heavy (non-hydrogen) atoms. The van der Waals surface area contributed by atoms with Gasteiger partial charge in [-0.15, -0.1) is 0 Å². The average Bonchev–Trinajstić information content (AvgIpc) is 3.23. The van der Waals surface area contributed by atoms with Gasteiger partial charge in [0.25, 0.3) is 0 Å². The second-order valence-corrected chi connectivity index (χ2v) is 9.12. The van der Waals surface area contributed by atoms with Crippen molar-refractivity contribution in [2.75, 3.05) is 26.3 Å². The number of benzene rings is 1. The number of sulfonamides is 1. The number of hydrogen-bond acceptors (Lipinski definition) is 7. The van der Waals surface area contributed by atoms with E-state index in [2.05, 4.69) is 10.1 Å². The first-order valence-corrected chi connectivity index (χ1v) is 11.2. The topological polar surface area (TPSA) is 85.5 Å². The summed E-state index contributed by atoms with van der Waals surface area (Å²) in [5.74, 6) is 1.30. The minimum Gasteiger partial charge on any atom is -0.379 e. The maximum Gasteiger partial charge on any atom is 0.244 e. The molecule has 1 aliphatic rings. The molecule has 0 saturated carbocycles. The second-order valence-electron chi connectivity index (χ2n) is 6.19. The molecule has 0 atom stereocenters. The monoisotopic (exact) mass is 417 g/mol. The highest BCUT2D eigenvalue weighted by Gasteiger charge is 2.26. The molecule has 2 aromatic heterocycles. The third-order valence-electron chi connectivity index (χ3n) is 4.30. The summed E-state index contributed by atoms with van der Waals surface area (Å²) in [6.07, 6.45) is 1.41. The van der Waals surface area contributed by atoms with Crippen molar-refractivity contribution < 1.29 is 17.7 Å². The minimum absolute atomic E-state index is 0.201. The predicted octanol–water partition coefficient (Wildman–Crippen LogP) is 3.05. The molecule has 3 heterocycles. The largest absolute Gasteiger partial charge is 0.379 e. The lowest BCUT2D eigenvalue weighted by Crippen LogP contribution is -2.40. The Hall–Kier alpha value is -2.20. The van der Waals surface area contributed by atoms with Crippen LogP contribution in [0.2, 0.25) is 0 Å². The standard InChI is InChI=1S/C19H19N3O4S2/c23-28(24,22-8-10-25-11-9-22)17-6-7-19(20-13-17)27-14-16-12-18(26-21-16)15-4-2-1-3-5-15/h1-7,12-13H,8-11,14H2. The van der Waals surface area contributed by atoms with Crippen molar-refractivity contribution in [3.8, 4) is 11.3 Å². The SMILES string of the molecule is O=S(=O)(c1ccc(SCc2cc(-c3ccccc3)on2)nc1)N1CCOCC1. The van der Waals surface area contributed by atoms with Gasteiger partial charge in [0.1, 0.15) is 4.90 Å². The highest BCUT2D eigenvalue weighted by molar-refractivity contribution is 7.98. The Morgan fingerprint density at radius 2 is 1.86 bits per heavy atom. The van der Waals surface area contributed by atoms with E-state index in [0.717, 1.165) is 22.0 Å². The molecule has 0 N–H and O–H groups in total. The van der Waals surface area contributed by atoms with Gasteiger partial charge in [0.2, 0.25) is 10.0 Å². The first-order valence-electron chi connectivity index (χ1n) is 8.81. The molecule has 0 radical (unpaired) electrons. The molecule has 0 amide bonds. The molecule has 0 spiro atoms. The number of thioether (sulfide) groups is 1. The Kier molecular flexibility index (Phi) is 5.77. The normalized spacial score (nSPS) is 15.6. The van der Waals surface area contributed by atoms with Crippen LogP contribution in [0.25, 0.3) is 11.3 Å². The molecule has 1 aromatic carbocycles. The van der Waals surface area contributed by atoms with Gasteiger partial charge in [-0.2, -0.15) is 4.31 Å². The lowest BCUT2D eigenvalue weighted by Gasteiger charge is -2.25. The van der Waals surface area contributed by atoms with E-state index in [1.165, 1.54) is 22.3 Å². The van der Waals surface area contributed by atoms with Crippen LogP contribution in [0.3, 0.4) is 0 Å². The zero-order valence-electron chi connectivity index (χ0n) is 15.0. The van der Waals surface area contributed by atoms with E-state index < -0.39 is 10.0 Å². The molecule has 4 rings (SSSR count). The van der Waals surface area contributed by atoms with E-state index in [1.54, 1.807) is 12.1 Å². The zero-order valence-corrected chi connectivity index (χ0v) is 16.7. The summed E-state index contributed by atoms with van der Waals surface area (Å²) >= 11 is 1.47. The number of pyridine rings is 1. The maximum atomic E-state index is 12.6. The molecule has 0 unspecified atom stereocenters. The molecular weight excluding hydrogens is 398 g/mol. The summed E-state index contributed by atoms with van der Waals surface area (Å²) in [4.78, 5) is 4.49. The van der Waals surface area contributed by atoms with E-state index in [4.69, 9.17) is 9.26 Å². The molecule has 1 aliphatic heterocycles. The van der Waals surface area contributed by atoms with Gasteiger partial charge in [-0.1, -0.05) is 47.3 Å². The van der Waals surface area contributed by atoms with Crippen LogP contribution in [-0.2, 0) is 20.5 Å². The van der Waals surface area contributed by atoms with Crippen LogP contribution < -0.4 is 0 Å². The molecular formula is C19H19N3O4S2. The Morgan fingerprint density at radius 1 is 1.07 bits per heavy atom. The third kappa shape index (κ3) is 4.27. The van der Waals surface area contributed by atoms with E-state index in [0.29, 0.717) is 32.1 Å². The molecule has 0 bridgehead atoms. The van der Waals surface area contributed by atoms with Gasteiger partial charge in [0.15, 0.2) is 5.76 Å². The van der Waals surface area contributed by atoms with Gasteiger partial charge in [-0.05, 0) is 12.1 Å². The van der Waals surface area contributed by atoms with Crippen molar-refractivity contribution in [2.45, 2.75) is 15.7 Å². The predicted molar refractivity (Wildman–Crippen MR) is 105 cm³/mol. The summed E-state index contributed by atoms with van der Waals surface area (Å²) < 4.78 is 37.3. The first kappa shape index (κ1) is 19.1. The fourth-order valence-electron chi connectivity index (χ4n) is 2.81. The van der Waals surface area contributed by atoms with Gasteiger partial charge < -0.3 is 9.26 Å². The van der Waals surface area contributed by atoms with Crippen LogP contribution in [0.1, 0.15) is 5.69 Å². The quantitative estimate of drug-likeness (QED) is 0.570. The van der Waals surface area contributed by atoms with Crippen molar-refractivity contribution in [3.05, 3.63) is 60.4 Å². The van der Waals surface area contributed by atoms with Gasteiger partial charge in [0.05, 0.1) is 23.9 Å². The zero-order chi connectivity index (χ0) is 19.4. The van der Waals surface area contributed by atoms with Crippen LogP contribution in [0, 0.1) is 0 Å². The summed E-state index contributed by atoms with van der Waals surface area (Å²) in [7, 11) is -3.52. The average molecular weight is 418 g/mol. The van der Waals surface area contributed by atoms with Gasteiger partial charge >= 0.3 is 0 Å². The van der Waals surface area contributed by atoms with Crippen LogP contribution in [0.15, 0.2) is 69.2 Å². The Labute approximate surface area is 167 Å². The molecule has 1 saturated heterocycles. The van der Waals surface area contributed by atoms with Crippen molar-refractivity contribution in [1.29, 1.82) is 0 Å². The fourth-order valence-corrected chi connectivity index (χ4v) is 4.88. The van der Waals surface area contributed by atoms with Gasteiger partial charge in [-0.25, -0.2) is 13.4 Å². The number of nitrogens with zero attached hydrogens (tertiary/aromatic N) is 3. The van der Waals surface area contributed by atoms with Crippen LogP contribution in [0.4, 0.5) is 0 Å². The Bertz CT molecular complexity index is 1010. The number of morpholine rings is 1.